The van der Waals surface area contributed by atoms with Crippen LogP contribution in [0.2, 0.25) is 0 Å². The molecule has 3 rings (SSSR count). The van der Waals surface area contributed by atoms with E-state index in [1.54, 1.807) is 0 Å². The maximum absolute atomic E-state index is 14.4. The Labute approximate surface area is 169 Å². The number of alkyl halides is 4. The van der Waals surface area contributed by atoms with E-state index in [2.05, 4.69) is 9.71 Å². The van der Waals surface area contributed by atoms with Gasteiger partial charge in [-0.1, -0.05) is 0 Å². The quantitative estimate of drug-likeness (QED) is 0.621. The van der Waals surface area contributed by atoms with Crippen molar-refractivity contribution in [2.75, 3.05) is 25.1 Å². The Morgan fingerprint density at radius 3 is 2.63 bits per heavy atom. The molecule has 12 heteroatoms. The highest BCUT2D eigenvalue weighted by atomic mass is 32.2. The Morgan fingerprint density at radius 1 is 1.27 bits per heavy atom. The summed E-state index contributed by atoms with van der Waals surface area (Å²) in [6, 6.07) is 1.89. The zero-order valence-electron chi connectivity index (χ0n) is 15.8. The lowest BCUT2D eigenvalue weighted by atomic mass is 9.87. The van der Waals surface area contributed by atoms with Crippen LogP contribution in [-0.4, -0.2) is 40.0 Å². The van der Waals surface area contributed by atoms with E-state index in [1.165, 1.54) is 7.11 Å². The van der Waals surface area contributed by atoms with Crippen LogP contribution >= 0.6 is 0 Å². The second kappa shape index (κ2) is 8.32. The number of anilines is 1. The van der Waals surface area contributed by atoms with Gasteiger partial charge in [-0.25, -0.2) is 17.2 Å². The second-order valence-electron chi connectivity index (χ2n) is 6.72. The Morgan fingerprint density at radius 2 is 2.00 bits per heavy atom. The molecule has 6 nitrogen and oxygen atoms in total. The first-order valence-corrected chi connectivity index (χ1v) is 10.4. The number of hydrogen-bond acceptors (Lipinski definition) is 4. The van der Waals surface area contributed by atoms with E-state index in [9.17, 15) is 30.4 Å². The molecule has 0 amide bonds. The molecular formula is C18H19F5N2O4S. The number of aromatic amines is 1. The first kappa shape index (κ1) is 22.2. The predicted molar refractivity (Wildman–Crippen MR) is 97.6 cm³/mol. The van der Waals surface area contributed by atoms with Gasteiger partial charge in [-0.05, 0) is 24.8 Å². The molecule has 1 atom stereocenters. The SMILES string of the molecule is COc1cc(NS(=O)(=O)c2c[nH]c3c2CCC(C(F)(F)F)C3)c(F)cc1OCCF. The molecular weight excluding hydrogens is 435 g/mol. The van der Waals surface area contributed by atoms with Crippen LogP contribution in [0.25, 0.3) is 0 Å². The number of rotatable bonds is 7. The van der Waals surface area contributed by atoms with Crippen LogP contribution in [0, 0.1) is 11.7 Å². The smallest absolute Gasteiger partial charge is 0.392 e. The Kier molecular flexibility index (Phi) is 6.16. The number of ether oxygens (including phenoxy) is 2. The third-order valence-electron chi connectivity index (χ3n) is 4.82. The second-order valence-corrected chi connectivity index (χ2v) is 8.37. The summed E-state index contributed by atoms with van der Waals surface area (Å²) in [7, 11) is -3.06. The Bertz CT molecular complexity index is 1020. The number of hydrogen-bond donors (Lipinski definition) is 2. The number of methoxy groups -OCH3 is 1. The van der Waals surface area contributed by atoms with E-state index in [0.29, 0.717) is 0 Å². The van der Waals surface area contributed by atoms with Crippen LogP contribution in [0.1, 0.15) is 17.7 Å². The molecule has 1 unspecified atom stereocenters. The molecule has 166 valence electrons. The van der Waals surface area contributed by atoms with Crippen LogP contribution in [0.15, 0.2) is 23.2 Å². The van der Waals surface area contributed by atoms with E-state index in [1.807, 2.05) is 0 Å². The molecule has 0 radical (unpaired) electrons. The molecule has 1 aromatic carbocycles. The van der Waals surface area contributed by atoms with Gasteiger partial charge in [0.1, 0.15) is 18.2 Å². The lowest BCUT2D eigenvalue weighted by Crippen LogP contribution is -2.29. The first-order valence-electron chi connectivity index (χ1n) is 8.91. The average molecular weight is 454 g/mol. The lowest BCUT2D eigenvalue weighted by molar-refractivity contribution is -0.177. The van der Waals surface area contributed by atoms with Crippen LogP contribution in [0.4, 0.5) is 27.6 Å². The molecule has 0 saturated carbocycles. The summed E-state index contributed by atoms with van der Waals surface area (Å²) in [6.45, 7) is -1.15. The fourth-order valence-corrected chi connectivity index (χ4v) is 4.67. The number of aromatic nitrogens is 1. The molecule has 2 aromatic rings. The summed E-state index contributed by atoms with van der Waals surface area (Å²) in [5.74, 6) is -2.67. The largest absolute Gasteiger partial charge is 0.493 e. The molecule has 1 heterocycles. The van der Waals surface area contributed by atoms with Gasteiger partial charge >= 0.3 is 6.18 Å². The van der Waals surface area contributed by atoms with E-state index in [0.717, 1.165) is 18.3 Å². The standard InChI is InChI=1S/C18H19F5N2O4S/c1-28-15-8-14(12(20)7-16(15)29-5-4-19)25-30(26,27)17-9-24-13-6-10(18(21,22)23)2-3-11(13)17/h7-10,24-25H,2-6H2,1H3. The number of nitrogens with one attached hydrogen (secondary N) is 2. The van der Waals surface area contributed by atoms with Crippen LogP contribution in [0.3, 0.4) is 0 Å². The number of H-pyrrole nitrogens is 1. The minimum Gasteiger partial charge on any atom is -0.493 e. The van der Waals surface area contributed by atoms with Gasteiger partial charge in [0.15, 0.2) is 17.3 Å². The van der Waals surface area contributed by atoms with Gasteiger partial charge in [0, 0.05) is 24.0 Å². The highest BCUT2D eigenvalue weighted by Crippen LogP contribution is 2.39. The van der Waals surface area contributed by atoms with E-state index < -0.39 is 40.3 Å². The summed E-state index contributed by atoms with van der Waals surface area (Å²) >= 11 is 0. The normalized spacial score (nSPS) is 16.8. The summed E-state index contributed by atoms with van der Waals surface area (Å²) in [5.41, 5.74) is -0.00591. The fourth-order valence-electron chi connectivity index (χ4n) is 3.35. The zero-order chi connectivity index (χ0) is 22.1. The number of fused-ring (bicyclic) bond motifs is 1. The molecule has 1 aliphatic carbocycles. The fraction of sp³-hybridized carbons (Fsp3) is 0.444. The summed E-state index contributed by atoms with van der Waals surface area (Å²) in [6.07, 6.45) is -3.94. The van der Waals surface area contributed by atoms with Crippen LogP contribution < -0.4 is 14.2 Å². The third-order valence-corrected chi connectivity index (χ3v) is 6.25. The Balaban J connectivity index is 1.87. The molecule has 2 N–H and O–H groups in total. The first-order chi connectivity index (χ1) is 14.1. The minimum absolute atomic E-state index is 0.0216. The van der Waals surface area contributed by atoms with Gasteiger partial charge in [0.25, 0.3) is 10.0 Å². The third kappa shape index (κ3) is 4.47. The summed E-state index contributed by atoms with van der Waals surface area (Å²) in [5, 5.41) is 0. The van der Waals surface area contributed by atoms with Gasteiger partial charge in [-0.3, -0.25) is 4.72 Å². The minimum atomic E-state index is -4.37. The maximum Gasteiger partial charge on any atom is 0.392 e. The van der Waals surface area contributed by atoms with Gasteiger partial charge in [-0.2, -0.15) is 13.2 Å². The monoisotopic (exact) mass is 454 g/mol. The van der Waals surface area contributed by atoms with Gasteiger partial charge in [0.2, 0.25) is 0 Å². The van der Waals surface area contributed by atoms with Gasteiger partial charge in [-0.15, -0.1) is 0 Å². The zero-order valence-corrected chi connectivity index (χ0v) is 16.6. The summed E-state index contributed by atoms with van der Waals surface area (Å²) < 4.78 is 103. The van der Waals surface area contributed by atoms with Crippen molar-refractivity contribution in [1.29, 1.82) is 0 Å². The van der Waals surface area contributed by atoms with Crippen molar-refractivity contribution in [1.82, 2.24) is 4.98 Å². The molecule has 0 spiro atoms. The van der Waals surface area contributed by atoms with Crippen LogP contribution in [0.5, 0.6) is 11.5 Å². The number of benzene rings is 1. The molecule has 1 aliphatic rings. The number of sulfonamides is 1. The van der Waals surface area contributed by atoms with Crippen molar-refractivity contribution in [3.05, 3.63) is 35.4 Å². The topological polar surface area (TPSA) is 80.4 Å². The van der Waals surface area contributed by atoms with Crippen molar-refractivity contribution in [3.63, 3.8) is 0 Å². The molecule has 0 fully saturated rings. The van der Waals surface area contributed by atoms with Crippen molar-refractivity contribution in [2.45, 2.75) is 30.3 Å². The molecule has 1 aromatic heterocycles. The lowest BCUT2D eigenvalue weighted by Gasteiger charge is -2.25. The predicted octanol–water partition coefficient (Wildman–Crippen LogP) is 3.98. The molecule has 30 heavy (non-hydrogen) atoms. The highest BCUT2D eigenvalue weighted by Gasteiger charge is 2.42. The van der Waals surface area contributed by atoms with E-state index in [4.69, 9.17) is 9.47 Å². The maximum atomic E-state index is 14.4. The van der Waals surface area contributed by atoms with E-state index >= 15 is 0 Å². The van der Waals surface area contributed by atoms with Crippen molar-refractivity contribution >= 4 is 15.7 Å². The van der Waals surface area contributed by atoms with Crippen molar-refractivity contribution in [2.24, 2.45) is 5.92 Å². The van der Waals surface area contributed by atoms with Crippen LogP contribution in [-0.2, 0) is 22.9 Å². The average Bonchev–Trinajstić information content (AvgIpc) is 3.11. The molecule has 0 bridgehead atoms. The molecule has 0 aliphatic heterocycles. The summed E-state index contributed by atoms with van der Waals surface area (Å²) in [4.78, 5) is 2.36. The van der Waals surface area contributed by atoms with Crippen molar-refractivity contribution in [3.8, 4) is 11.5 Å². The Hall–Kier alpha value is -2.50. The number of halogens is 5. The highest BCUT2D eigenvalue weighted by molar-refractivity contribution is 7.92. The molecule has 0 saturated heterocycles. The van der Waals surface area contributed by atoms with Gasteiger partial charge in [0.05, 0.1) is 18.7 Å². The van der Waals surface area contributed by atoms with Gasteiger partial charge < -0.3 is 14.5 Å². The van der Waals surface area contributed by atoms with E-state index in [-0.39, 0.29) is 53.5 Å². The van der Waals surface area contributed by atoms with Crippen molar-refractivity contribution < 1.29 is 39.8 Å².